The summed E-state index contributed by atoms with van der Waals surface area (Å²) in [6.07, 6.45) is 3.41. The van der Waals surface area contributed by atoms with Gasteiger partial charge in [-0.1, -0.05) is 0 Å². The molecule has 2 heterocycles. The topological polar surface area (TPSA) is 60.7 Å². The van der Waals surface area contributed by atoms with Gasteiger partial charge in [0, 0.05) is 24.2 Å². The van der Waals surface area contributed by atoms with Gasteiger partial charge in [-0.25, -0.2) is 0 Å². The molecule has 2 aliphatic rings. The van der Waals surface area contributed by atoms with E-state index in [-0.39, 0.29) is 18.1 Å². The predicted molar refractivity (Wildman–Crippen MR) is 90.1 cm³/mol. The van der Waals surface area contributed by atoms with Crippen molar-refractivity contribution in [3.63, 3.8) is 0 Å². The zero-order chi connectivity index (χ0) is 16.5. The summed E-state index contributed by atoms with van der Waals surface area (Å²) in [5.74, 6) is 1.47. The van der Waals surface area contributed by atoms with E-state index in [0.717, 1.165) is 35.7 Å². The standard InChI is InChI=1S/C19H23NO4/c1-12-8-15-9-14(4-5-17(15)24-12)19(21)20-16-11-22-7-6-18(16)23-10-13-2-3-13/h4-5,8-9,13,16,18H,2-3,6-7,10-11H2,1H3,(H,20,21)/t16-,18+/m1/s1. The van der Waals surface area contributed by atoms with Crippen molar-refractivity contribution in [1.29, 1.82) is 0 Å². The largest absolute Gasteiger partial charge is 0.461 e. The van der Waals surface area contributed by atoms with Crippen molar-refractivity contribution >= 4 is 16.9 Å². The van der Waals surface area contributed by atoms with Gasteiger partial charge in [-0.05, 0) is 56.4 Å². The summed E-state index contributed by atoms with van der Waals surface area (Å²) in [7, 11) is 0. The van der Waals surface area contributed by atoms with Gasteiger partial charge in [0.15, 0.2) is 0 Å². The SMILES string of the molecule is Cc1cc2cc(C(=O)N[C@@H]3COCC[C@@H]3OCC3CC3)ccc2o1. The third-order valence-electron chi connectivity index (χ3n) is 4.75. The van der Waals surface area contributed by atoms with Crippen LogP contribution in [0, 0.1) is 12.8 Å². The van der Waals surface area contributed by atoms with Gasteiger partial charge in [0.25, 0.3) is 5.91 Å². The first kappa shape index (κ1) is 15.7. The fraction of sp³-hybridized carbons (Fsp3) is 0.526. The first-order valence-corrected chi connectivity index (χ1v) is 8.69. The van der Waals surface area contributed by atoms with Crippen LogP contribution in [0.5, 0.6) is 0 Å². The average Bonchev–Trinajstić information content (AvgIpc) is 3.33. The van der Waals surface area contributed by atoms with Crippen molar-refractivity contribution in [2.45, 2.75) is 38.3 Å². The van der Waals surface area contributed by atoms with Crippen molar-refractivity contribution in [2.24, 2.45) is 5.92 Å². The van der Waals surface area contributed by atoms with Crippen LogP contribution in [0.4, 0.5) is 0 Å². The van der Waals surface area contributed by atoms with E-state index < -0.39 is 0 Å². The van der Waals surface area contributed by atoms with Crippen LogP contribution in [0.3, 0.4) is 0 Å². The molecule has 1 aliphatic heterocycles. The van der Waals surface area contributed by atoms with Gasteiger partial charge in [0.05, 0.1) is 18.8 Å². The number of nitrogens with one attached hydrogen (secondary N) is 1. The molecule has 5 nitrogen and oxygen atoms in total. The van der Waals surface area contributed by atoms with E-state index in [4.69, 9.17) is 13.9 Å². The van der Waals surface area contributed by atoms with Gasteiger partial charge in [-0.2, -0.15) is 0 Å². The molecular weight excluding hydrogens is 306 g/mol. The molecule has 1 aromatic carbocycles. The minimum absolute atomic E-state index is 0.0446. The third kappa shape index (κ3) is 3.47. The fourth-order valence-corrected chi connectivity index (χ4v) is 3.17. The number of amides is 1. The summed E-state index contributed by atoms with van der Waals surface area (Å²) in [5, 5.41) is 4.03. The van der Waals surface area contributed by atoms with Crippen molar-refractivity contribution in [3.05, 3.63) is 35.6 Å². The highest BCUT2D eigenvalue weighted by Crippen LogP contribution is 2.30. The molecule has 1 saturated carbocycles. The zero-order valence-corrected chi connectivity index (χ0v) is 13.9. The Bertz CT molecular complexity index is 734. The van der Waals surface area contributed by atoms with E-state index in [0.29, 0.717) is 18.8 Å². The van der Waals surface area contributed by atoms with Crippen molar-refractivity contribution < 1.29 is 18.7 Å². The number of hydrogen-bond donors (Lipinski definition) is 1. The van der Waals surface area contributed by atoms with E-state index >= 15 is 0 Å². The third-order valence-corrected chi connectivity index (χ3v) is 4.75. The lowest BCUT2D eigenvalue weighted by Crippen LogP contribution is -2.50. The van der Waals surface area contributed by atoms with Crippen molar-refractivity contribution in [2.75, 3.05) is 19.8 Å². The van der Waals surface area contributed by atoms with Crippen LogP contribution in [0.15, 0.2) is 28.7 Å². The number of aryl methyl sites for hydroxylation is 1. The van der Waals surface area contributed by atoms with Gasteiger partial charge in [0.2, 0.25) is 0 Å². The fourth-order valence-electron chi connectivity index (χ4n) is 3.17. The number of rotatable bonds is 5. The Hall–Kier alpha value is -1.85. The molecule has 0 bridgehead atoms. The van der Waals surface area contributed by atoms with E-state index in [1.54, 1.807) is 6.07 Å². The first-order chi connectivity index (χ1) is 11.7. The highest BCUT2D eigenvalue weighted by Gasteiger charge is 2.30. The molecule has 2 fully saturated rings. The Morgan fingerprint density at radius 3 is 3.00 bits per heavy atom. The zero-order valence-electron chi connectivity index (χ0n) is 13.9. The lowest BCUT2D eigenvalue weighted by Gasteiger charge is -2.32. The average molecular weight is 329 g/mol. The van der Waals surface area contributed by atoms with Crippen LogP contribution in [-0.2, 0) is 9.47 Å². The van der Waals surface area contributed by atoms with Crippen LogP contribution in [0.25, 0.3) is 11.0 Å². The Balaban J connectivity index is 1.43. The van der Waals surface area contributed by atoms with E-state index in [1.807, 2.05) is 25.1 Å². The van der Waals surface area contributed by atoms with Gasteiger partial charge in [-0.15, -0.1) is 0 Å². The van der Waals surface area contributed by atoms with Gasteiger partial charge >= 0.3 is 0 Å². The van der Waals surface area contributed by atoms with Gasteiger partial charge in [0.1, 0.15) is 11.3 Å². The summed E-state index contributed by atoms with van der Waals surface area (Å²) in [6.45, 7) is 3.91. The Morgan fingerprint density at radius 1 is 1.29 bits per heavy atom. The van der Waals surface area contributed by atoms with Crippen molar-refractivity contribution in [3.8, 4) is 0 Å². The number of fused-ring (bicyclic) bond motifs is 1. The number of carbonyl (C=O) groups excluding carboxylic acids is 1. The molecule has 1 aliphatic carbocycles. The second-order valence-electron chi connectivity index (χ2n) is 6.87. The van der Waals surface area contributed by atoms with Crippen molar-refractivity contribution in [1.82, 2.24) is 5.32 Å². The van der Waals surface area contributed by atoms with E-state index in [1.165, 1.54) is 12.8 Å². The summed E-state index contributed by atoms with van der Waals surface area (Å²) in [6, 6.07) is 7.36. The number of ether oxygens (including phenoxy) is 2. The molecule has 1 aromatic heterocycles. The monoisotopic (exact) mass is 329 g/mol. The summed E-state index contributed by atoms with van der Waals surface area (Å²) in [5.41, 5.74) is 1.44. The minimum Gasteiger partial charge on any atom is -0.461 e. The Kier molecular flexibility index (Phi) is 4.29. The van der Waals surface area contributed by atoms with Crippen LogP contribution in [-0.4, -0.2) is 37.9 Å². The molecule has 2 atom stereocenters. The molecule has 128 valence electrons. The maximum absolute atomic E-state index is 12.6. The molecule has 0 spiro atoms. The summed E-state index contributed by atoms with van der Waals surface area (Å²) < 4.78 is 17.1. The molecule has 1 amide bonds. The number of carbonyl (C=O) groups is 1. The van der Waals surface area contributed by atoms with E-state index in [2.05, 4.69) is 5.32 Å². The smallest absolute Gasteiger partial charge is 0.251 e. The number of hydrogen-bond acceptors (Lipinski definition) is 4. The summed E-state index contributed by atoms with van der Waals surface area (Å²) >= 11 is 0. The molecule has 24 heavy (non-hydrogen) atoms. The van der Waals surface area contributed by atoms with Gasteiger partial charge < -0.3 is 19.2 Å². The molecule has 1 saturated heterocycles. The Labute approximate surface area is 141 Å². The lowest BCUT2D eigenvalue weighted by atomic mass is 10.1. The van der Waals surface area contributed by atoms with Crippen LogP contribution < -0.4 is 5.32 Å². The quantitative estimate of drug-likeness (QED) is 0.916. The minimum atomic E-state index is -0.0914. The number of benzene rings is 1. The molecule has 5 heteroatoms. The molecule has 1 N–H and O–H groups in total. The molecule has 4 rings (SSSR count). The predicted octanol–water partition coefficient (Wildman–Crippen LogP) is 3.06. The summed E-state index contributed by atoms with van der Waals surface area (Å²) in [4.78, 5) is 12.6. The number of furan rings is 1. The second kappa shape index (κ2) is 6.57. The highest BCUT2D eigenvalue weighted by atomic mass is 16.5. The highest BCUT2D eigenvalue weighted by molar-refractivity contribution is 5.98. The van der Waals surface area contributed by atoms with Crippen LogP contribution >= 0.6 is 0 Å². The normalized spacial score (nSPS) is 24.2. The van der Waals surface area contributed by atoms with Crippen LogP contribution in [0.1, 0.15) is 35.4 Å². The van der Waals surface area contributed by atoms with E-state index in [9.17, 15) is 4.79 Å². The second-order valence-corrected chi connectivity index (χ2v) is 6.87. The lowest BCUT2D eigenvalue weighted by molar-refractivity contribution is -0.0567. The Morgan fingerprint density at radius 2 is 2.17 bits per heavy atom. The first-order valence-electron chi connectivity index (χ1n) is 8.69. The molecule has 2 aromatic rings. The van der Waals surface area contributed by atoms with Gasteiger partial charge in [-0.3, -0.25) is 4.79 Å². The maximum Gasteiger partial charge on any atom is 0.251 e. The molecule has 0 unspecified atom stereocenters. The van der Waals surface area contributed by atoms with Crippen LogP contribution in [0.2, 0.25) is 0 Å². The molecule has 0 radical (unpaired) electrons. The molecular formula is C19H23NO4. The maximum atomic E-state index is 12.6.